The summed E-state index contributed by atoms with van der Waals surface area (Å²) < 4.78 is 5.47. The molecule has 1 aliphatic rings. The van der Waals surface area contributed by atoms with E-state index in [1.807, 2.05) is 18.7 Å². The normalized spacial score (nSPS) is 15.1. The summed E-state index contributed by atoms with van der Waals surface area (Å²) in [4.78, 5) is 24.3. The topological polar surface area (TPSA) is 78.5 Å². The van der Waals surface area contributed by atoms with Crippen LogP contribution in [0, 0.1) is 0 Å². The zero-order valence-electron chi connectivity index (χ0n) is 15.5. The molecule has 1 aliphatic carbocycles. The Kier molecular flexibility index (Phi) is 6.24. The molecule has 7 heteroatoms. The number of H-pyrrole nitrogens is 1. The van der Waals surface area contributed by atoms with Gasteiger partial charge in [0.25, 0.3) is 5.56 Å². The number of aliphatic hydroxyl groups is 1. The molecule has 0 aliphatic heterocycles. The van der Waals surface area contributed by atoms with Crippen molar-refractivity contribution in [3.05, 3.63) is 39.3 Å². The highest BCUT2D eigenvalue weighted by atomic mass is 32.1. The summed E-state index contributed by atoms with van der Waals surface area (Å²) in [6, 6.07) is 0. The minimum Gasteiger partial charge on any atom is -0.389 e. The van der Waals surface area contributed by atoms with Gasteiger partial charge in [0.1, 0.15) is 10.7 Å². The summed E-state index contributed by atoms with van der Waals surface area (Å²) in [5.74, 6) is 0.626. The van der Waals surface area contributed by atoms with Gasteiger partial charge in [0.2, 0.25) is 0 Å². The second kappa shape index (κ2) is 8.43. The number of rotatable bonds is 9. The van der Waals surface area contributed by atoms with Gasteiger partial charge in [-0.2, -0.15) is 0 Å². The Bertz CT molecular complexity index is 827. The summed E-state index contributed by atoms with van der Waals surface area (Å²) in [5.41, 5.74) is 1.14. The van der Waals surface area contributed by atoms with Gasteiger partial charge >= 0.3 is 0 Å². The Balaban J connectivity index is 1.74. The SMILES string of the molecule is C=CCN(Cc1nc2sc3c(c2c(=O)[nH]1)CCC3)CC(O)COC(C)C. The average molecular weight is 378 g/mol. The van der Waals surface area contributed by atoms with E-state index < -0.39 is 6.10 Å². The van der Waals surface area contributed by atoms with Crippen LogP contribution >= 0.6 is 11.3 Å². The maximum absolute atomic E-state index is 12.6. The van der Waals surface area contributed by atoms with E-state index in [-0.39, 0.29) is 18.3 Å². The van der Waals surface area contributed by atoms with E-state index in [0.717, 1.165) is 29.5 Å². The number of aliphatic hydroxyl groups excluding tert-OH is 1. The van der Waals surface area contributed by atoms with Gasteiger partial charge in [-0.3, -0.25) is 9.69 Å². The number of nitrogens with one attached hydrogen (secondary N) is 1. The van der Waals surface area contributed by atoms with Gasteiger partial charge in [-0.05, 0) is 38.7 Å². The average Bonchev–Trinajstić information content (AvgIpc) is 3.13. The fraction of sp³-hybridized carbons (Fsp3) is 0.579. The number of hydrogen-bond acceptors (Lipinski definition) is 6. The Morgan fingerprint density at radius 2 is 2.27 bits per heavy atom. The third-order valence-electron chi connectivity index (χ3n) is 4.48. The number of aryl methyl sites for hydroxylation is 2. The highest BCUT2D eigenvalue weighted by Gasteiger charge is 2.21. The standard InChI is InChI=1S/C19H27N3O3S/c1-4-8-22(9-13(23)11-25-12(2)3)10-16-20-18(24)17-14-6-5-7-15(14)26-19(17)21-16/h4,12-13,23H,1,5-11H2,2-3H3,(H,20,21,24). The van der Waals surface area contributed by atoms with Crippen molar-refractivity contribution in [3.63, 3.8) is 0 Å². The third kappa shape index (κ3) is 4.40. The molecule has 6 nitrogen and oxygen atoms in total. The van der Waals surface area contributed by atoms with E-state index >= 15 is 0 Å². The maximum Gasteiger partial charge on any atom is 0.259 e. The largest absolute Gasteiger partial charge is 0.389 e. The molecule has 1 atom stereocenters. The van der Waals surface area contributed by atoms with E-state index in [0.29, 0.717) is 25.5 Å². The molecular weight excluding hydrogens is 350 g/mol. The number of aromatic nitrogens is 2. The van der Waals surface area contributed by atoms with Crippen molar-refractivity contribution in [3.8, 4) is 0 Å². The fourth-order valence-electron chi connectivity index (χ4n) is 3.37. The number of aromatic amines is 1. The third-order valence-corrected chi connectivity index (χ3v) is 5.66. The summed E-state index contributed by atoms with van der Waals surface area (Å²) >= 11 is 1.64. The van der Waals surface area contributed by atoms with Crippen molar-refractivity contribution < 1.29 is 9.84 Å². The number of hydrogen-bond donors (Lipinski definition) is 2. The van der Waals surface area contributed by atoms with Crippen molar-refractivity contribution >= 4 is 21.6 Å². The molecular formula is C19H27N3O3S. The minimum atomic E-state index is -0.599. The summed E-state index contributed by atoms with van der Waals surface area (Å²) in [6.45, 7) is 9.43. The Hall–Kier alpha value is -1.54. The lowest BCUT2D eigenvalue weighted by atomic mass is 10.2. The molecule has 1 unspecified atom stereocenters. The molecule has 0 bridgehead atoms. The Morgan fingerprint density at radius 1 is 1.46 bits per heavy atom. The van der Waals surface area contributed by atoms with Crippen LogP contribution in [0.3, 0.4) is 0 Å². The maximum atomic E-state index is 12.6. The van der Waals surface area contributed by atoms with Gasteiger partial charge in [0.05, 0.1) is 30.7 Å². The first-order valence-electron chi connectivity index (χ1n) is 9.14. The van der Waals surface area contributed by atoms with E-state index in [4.69, 9.17) is 4.74 Å². The molecule has 3 rings (SSSR count). The summed E-state index contributed by atoms with van der Waals surface area (Å²) in [7, 11) is 0. The van der Waals surface area contributed by atoms with Gasteiger partial charge in [-0.1, -0.05) is 6.08 Å². The zero-order valence-corrected chi connectivity index (χ0v) is 16.3. The molecule has 2 heterocycles. The van der Waals surface area contributed by atoms with Gasteiger partial charge in [0, 0.05) is 18.0 Å². The van der Waals surface area contributed by atoms with Crippen LogP contribution in [0.4, 0.5) is 0 Å². The highest BCUT2D eigenvalue weighted by molar-refractivity contribution is 7.18. The predicted molar refractivity (Wildman–Crippen MR) is 105 cm³/mol. The smallest absolute Gasteiger partial charge is 0.259 e. The summed E-state index contributed by atoms with van der Waals surface area (Å²) in [5, 5.41) is 11.0. The lowest BCUT2D eigenvalue weighted by Crippen LogP contribution is -2.36. The lowest BCUT2D eigenvalue weighted by molar-refractivity contribution is -0.00834. The van der Waals surface area contributed by atoms with E-state index in [1.54, 1.807) is 17.4 Å². The monoisotopic (exact) mass is 377 g/mol. The van der Waals surface area contributed by atoms with Gasteiger partial charge in [0.15, 0.2) is 0 Å². The minimum absolute atomic E-state index is 0.0494. The molecule has 0 fully saturated rings. The van der Waals surface area contributed by atoms with Crippen molar-refractivity contribution in [2.45, 2.75) is 51.9 Å². The quantitative estimate of drug-likeness (QED) is 0.656. The molecule has 26 heavy (non-hydrogen) atoms. The van der Waals surface area contributed by atoms with Crippen LogP contribution in [-0.4, -0.2) is 51.9 Å². The fourth-order valence-corrected chi connectivity index (χ4v) is 4.65. The second-order valence-electron chi connectivity index (χ2n) is 7.07. The first-order valence-corrected chi connectivity index (χ1v) is 9.96. The van der Waals surface area contributed by atoms with Crippen LogP contribution in [0.15, 0.2) is 17.4 Å². The molecule has 0 spiro atoms. The molecule has 0 saturated carbocycles. The van der Waals surface area contributed by atoms with Gasteiger partial charge in [-0.15, -0.1) is 17.9 Å². The first kappa shape index (κ1) is 19.2. The Morgan fingerprint density at radius 3 is 3.00 bits per heavy atom. The number of ether oxygens (including phenoxy) is 1. The van der Waals surface area contributed by atoms with Crippen molar-refractivity contribution in [1.82, 2.24) is 14.9 Å². The van der Waals surface area contributed by atoms with Crippen LogP contribution in [0.5, 0.6) is 0 Å². The first-order chi connectivity index (χ1) is 12.5. The lowest BCUT2D eigenvalue weighted by Gasteiger charge is -2.23. The highest BCUT2D eigenvalue weighted by Crippen LogP contribution is 2.34. The predicted octanol–water partition coefficient (Wildman–Crippen LogP) is 2.25. The number of thiophene rings is 1. The van der Waals surface area contributed by atoms with Crippen LogP contribution in [-0.2, 0) is 24.1 Å². The van der Waals surface area contributed by atoms with Gasteiger partial charge < -0.3 is 14.8 Å². The number of nitrogens with zero attached hydrogens (tertiary/aromatic N) is 2. The van der Waals surface area contributed by atoms with Crippen molar-refractivity contribution in [2.24, 2.45) is 0 Å². The van der Waals surface area contributed by atoms with Crippen LogP contribution in [0.25, 0.3) is 10.2 Å². The molecule has 0 radical (unpaired) electrons. The van der Waals surface area contributed by atoms with Crippen molar-refractivity contribution in [1.29, 1.82) is 0 Å². The molecule has 142 valence electrons. The van der Waals surface area contributed by atoms with E-state index in [2.05, 4.69) is 16.5 Å². The van der Waals surface area contributed by atoms with Crippen molar-refractivity contribution in [2.75, 3.05) is 19.7 Å². The molecule has 2 aromatic rings. The summed E-state index contributed by atoms with van der Waals surface area (Å²) in [6.07, 6.45) is 4.42. The molecule has 0 aromatic carbocycles. The molecule has 0 saturated heterocycles. The molecule has 2 N–H and O–H groups in total. The number of fused-ring (bicyclic) bond motifs is 3. The van der Waals surface area contributed by atoms with Crippen LogP contribution < -0.4 is 5.56 Å². The molecule has 2 aromatic heterocycles. The Labute approximate surface area is 157 Å². The molecule has 0 amide bonds. The second-order valence-corrected chi connectivity index (χ2v) is 8.15. The van der Waals surface area contributed by atoms with Crippen LogP contribution in [0.1, 0.15) is 36.5 Å². The van der Waals surface area contributed by atoms with E-state index in [1.165, 1.54) is 10.4 Å². The van der Waals surface area contributed by atoms with Gasteiger partial charge in [-0.25, -0.2) is 4.98 Å². The van der Waals surface area contributed by atoms with E-state index in [9.17, 15) is 9.90 Å². The van der Waals surface area contributed by atoms with Crippen LogP contribution in [0.2, 0.25) is 0 Å². The zero-order chi connectivity index (χ0) is 18.7.